The van der Waals surface area contributed by atoms with E-state index in [9.17, 15) is 16.8 Å². The van der Waals surface area contributed by atoms with E-state index in [1.54, 1.807) is 0 Å². The second-order valence-corrected chi connectivity index (χ2v) is 8.75. The molecule has 0 unspecified atom stereocenters. The fourth-order valence-electron chi connectivity index (χ4n) is 1.85. The van der Waals surface area contributed by atoms with E-state index in [-0.39, 0.29) is 40.3 Å². The monoisotopic (exact) mass is 324 g/mol. The maximum atomic E-state index is 12.1. The largest absolute Gasteiger partial charge is 0.263 e. The average molecular weight is 325 g/mol. The van der Waals surface area contributed by atoms with Crippen molar-refractivity contribution < 1.29 is 16.8 Å². The normalized spacial score (nSPS) is 20.3. The number of nitrogens with one attached hydrogen (secondary N) is 1. The molecule has 1 fully saturated rings. The Morgan fingerprint density at radius 3 is 2.53 bits per heavy atom. The Morgan fingerprint density at radius 2 is 1.95 bits per heavy atom. The average Bonchev–Trinajstić information content (AvgIpc) is 2.32. The van der Waals surface area contributed by atoms with Gasteiger partial charge in [-0.1, -0.05) is 11.6 Å². The van der Waals surface area contributed by atoms with E-state index >= 15 is 0 Å². The predicted octanol–water partition coefficient (Wildman–Crippen LogP) is 0.591. The van der Waals surface area contributed by atoms with Gasteiger partial charge in [-0.05, 0) is 18.9 Å². The van der Waals surface area contributed by atoms with Gasteiger partial charge in [-0.25, -0.2) is 21.6 Å². The number of rotatable bonds is 3. The summed E-state index contributed by atoms with van der Waals surface area (Å²) in [6.45, 7) is 0. The zero-order valence-corrected chi connectivity index (χ0v) is 12.3. The molecule has 1 aliphatic heterocycles. The van der Waals surface area contributed by atoms with Gasteiger partial charge in [0.05, 0.1) is 16.5 Å². The number of aromatic nitrogens is 1. The Hall–Kier alpha value is -0.700. The van der Waals surface area contributed by atoms with Crippen molar-refractivity contribution in [1.82, 2.24) is 9.71 Å². The lowest BCUT2D eigenvalue weighted by Gasteiger charge is -2.22. The fraction of sp³-hybridized carbons (Fsp3) is 0.500. The molecule has 6 nitrogen and oxygen atoms in total. The summed E-state index contributed by atoms with van der Waals surface area (Å²) in [5.41, 5.74) is 0. The molecule has 2 rings (SSSR count). The first-order valence-electron chi connectivity index (χ1n) is 5.62. The van der Waals surface area contributed by atoms with E-state index in [1.807, 2.05) is 0 Å². The van der Waals surface area contributed by atoms with Crippen LogP contribution in [-0.2, 0) is 19.9 Å². The molecule has 0 saturated carbocycles. The third kappa shape index (κ3) is 3.65. The van der Waals surface area contributed by atoms with Crippen molar-refractivity contribution in [2.24, 2.45) is 0 Å². The molecule has 1 N–H and O–H groups in total. The maximum Gasteiger partial charge on any atom is 0.243 e. The smallest absolute Gasteiger partial charge is 0.243 e. The summed E-state index contributed by atoms with van der Waals surface area (Å²) < 4.78 is 49.2. The zero-order valence-electron chi connectivity index (χ0n) is 9.91. The van der Waals surface area contributed by atoms with E-state index in [0.29, 0.717) is 0 Å². The second-order valence-electron chi connectivity index (χ2n) is 4.35. The van der Waals surface area contributed by atoms with Crippen molar-refractivity contribution in [2.45, 2.75) is 23.8 Å². The van der Waals surface area contributed by atoms with Crippen LogP contribution in [0, 0.1) is 0 Å². The fourth-order valence-corrected chi connectivity index (χ4v) is 5.08. The number of nitrogens with zero attached hydrogens (tertiary/aromatic N) is 1. The van der Waals surface area contributed by atoms with Crippen LogP contribution >= 0.6 is 11.6 Å². The van der Waals surface area contributed by atoms with E-state index < -0.39 is 19.9 Å². The molecule has 2 heterocycles. The molecule has 0 aliphatic carbocycles. The van der Waals surface area contributed by atoms with Gasteiger partial charge in [0.1, 0.15) is 14.7 Å². The van der Waals surface area contributed by atoms with Crippen LogP contribution in [0.5, 0.6) is 0 Å². The minimum Gasteiger partial charge on any atom is -0.263 e. The highest BCUT2D eigenvalue weighted by Crippen LogP contribution is 2.21. The van der Waals surface area contributed by atoms with Crippen molar-refractivity contribution in [3.8, 4) is 0 Å². The molecular formula is C10H13ClN2O4S2. The first kappa shape index (κ1) is 14.7. The van der Waals surface area contributed by atoms with Gasteiger partial charge in [-0.15, -0.1) is 0 Å². The van der Waals surface area contributed by atoms with Crippen LogP contribution in [0.2, 0.25) is 5.02 Å². The first-order chi connectivity index (χ1) is 8.80. The molecule has 9 heteroatoms. The molecule has 1 aromatic heterocycles. The summed E-state index contributed by atoms with van der Waals surface area (Å²) in [7, 11) is -6.78. The van der Waals surface area contributed by atoms with Crippen LogP contribution in [0.15, 0.2) is 23.4 Å². The highest BCUT2D eigenvalue weighted by molar-refractivity contribution is 7.91. The maximum absolute atomic E-state index is 12.1. The van der Waals surface area contributed by atoms with Crippen LogP contribution in [0.25, 0.3) is 0 Å². The molecule has 0 amide bonds. The first-order valence-corrected chi connectivity index (χ1v) is 9.31. The molecule has 1 aromatic rings. The van der Waals surface area contributed by atoms with E-state index in [2.05, 4.69) is 9.71 Å². The molecule has 0 spiro atoms. The predicted molar refractivity (Wildman–Crippen MR) is 71.2 cm³/mol. The summed E-state index contributed by atoms with van der Waals surface area (Å²) in [5, 5.41) is 0.0888. The summed E-state index contributed by atoms with van der Waals surface area (Å²) in [6, 6.07) is 1.01. The summed E-state index contributed by atoms with van der Waals surface area (Å²) in [4.78, 5) is 3.64. The molecule has 0 bridgehead atoms. The Labute approximate surface area is 117 Å². The highest BCUT2D eigenvalue weighted by atomic mass is 35.5. The molecule has 106 valence electrons. The van der Waals surface area contributed by atoms with Crippen LogP contribution in [0.4, 0.5) is 0 Å². The highest BCUT2D eigenvalue weighted by Gasteiger charge is 2.28. The van der Waals surface area contributed by atoms with Crippen molar-refractivity contribution >= 4 is 31.5 Å². The van der Waals surface area contributed by atoms with Gasteiger partial charge >= 0.3 is 0 Å². The van der Waals surface area contributed by atoms with E-state index in [4.69, 9.17) is 11.6 Å². The third-order valence-electron chi connectivity index (χ3n) is 2.90. The number of hydrogen-bond donors (Lipinski definition) is 1. The summed E-state index contributed by atoms with van der Waals surface area (Å²) in [6.07, 6.45) is 3.12. The van der Waals surface area contributed by atoms with Crippen LogP contribution in [0.3, 0.4) is 0 Å². The lowest BCUT2D eigenvalue weighted by molar-refractivity contribution is 0.505. The standard InChI is InChI=1S/C10H13ClN2O4S2/c11-9-1-4-12-7-10(9)19(16,17)13-8-2-5-18(14,15)6-3-8/h1,4,7-8,13H,2-3,5-6H2. The number of hydrogen-bond acceptors (Lipinski definition) is 5. The number of sulfonamides is 1. The van der Waals surface area contributed by atoms with Crippen LogP contribution < -0.4 is 4.72 Å². The number of pyridine rings is 1. The third-order valence-corrected chi connectivity index (χ3v) is 6.61. The van der Waals surface area contributed by atoms with Gasteiger partial charge in [0.2, 0.25) is 10.0 Å². The molecule has 1 aliphatic rings. The topological polar surface area (TPSA) is 93.2 Å². The minimum atomic E-state index is -3.77. The number of sulfone groups is 1. The molecule has 19 heavy (non-hydrogen) atoms. The van der Waals surface area contributed by atoms with Gasteiger partial charge in [0.25, 0.3) is 0 Å². The molecule has 1 saturated heterocycles. The Bertz CT molecular complexity index is 659. The van der Waals surface area contributed by atoms with Gasteiger partial charge in [-0.2, -0.15) is 0 Å². The quantitative estimate of drug-likeness (QED) is 0.878. The Morgan fingerprint density at radius 1 is 1.32 bits per heavy atom. The lowest BCUT2D eigenvalue weighted by Crippen LogP contribution is -2.40. The van der Waals surface area contributed by atoms with E-state index in [1.165, 1.54) is 18.5 Å². The Kier molecular flexibility index (Phi) is 4.14. The van der Waals surface area contributed by atoms with Gasteiger partial charge < -0.3 is 0 Å². The van der Waals surface area contributed by atoms with Crippen molar-refractivity contribution in [2.75, 3.05) is 11.5 Å². The Balaban J connectivity index is 2.13. The minimum absolute atomic E-state index is 0.000951. The summed E-state index contributed by atoms with van der Waals surface area (Å²) >= 11 is 5.82. The van der Waals surface area contributed by atoms with Gasteiger partial charge in [-0.3, -0.25) is 4.98 Å². The lowest BCUT2D eigenvalue weighted by atomic mass is 10.2. The molecule has 0 radical (unpaired) electrons. The summed E-state index contributed by atoms with van der Waals surface area (Å²) in [5.74, 6) is 0.00190. The number of halogens is 1. The molecule has 0 aromatic carbocycles. The zero-order chi connectivity index (χ0) is 14.1. The van der Waals surface area contributed by atoms with E-state index in [0.717, 1.165) is 0 Å². The second kappa shape index (κ2) is 5.35. The molecule has 0 atom stereocenters. The van der Waals surface area contributed by atoms with Crippen molar-refractivity contribution in [1.29, 1.82) is 0 Å². The van der Waals surface area contributed by atoms with Crippen molar-refractivity contribution in [3.63, 3.8) is 0 Å². The van der Waals surface area contributed by atoms with Crippen LogP contribution in [0.1, 0.15) is 12.8 Å². The van der Waals surface area contributed by atoms with Crippen molar-refractivity contribution in [3.05, 3.63) is 23.5 Å². The van der Waals surface area contributed by atoms with Gasteiger partial charge in [0, 0.05) is 18.4 Å². The SMILES string of the molecule is O=S1(=O)CCC(NS(=O)(=O)c2cnccc2Cl)CC1. The van der Waals surface area contributed by atoms with Crippen LogP contribution in [-0.4, -0.2) is 39.4 Å². The van der Waals surface area contributed by atoms with Gasteiger partial charge in [0.15, 0.2) is 0 Å². The molecular weight excluding hydrogens is 312 g/mol.